The van der Waals surface area contributed by atoms with Crippen molar-refractivity contribution in [3.05, 3.63) is 29.8 Å². The second-order valence-electron chi connectivity index (χ2n) is 6.97. The number of hydrogen-bond donors (Lipinski definition) is 0. The van der Waals surface area contributed by atoms with Crippen LogP contribution in [0, 0.1) is 0 Å². The fraction of sp³-hybridized carbons (Fsp3) is 0.667. The van der Waals surface area contributed by atoms with Gasteiger partial charge in [-0.15, -0.1) is 0 Å². The van der Waals surface area contributed by atoms with Gasteiger partial charge in [0.1, 0.15) is 0 Å². The highest BCUT2D eigenvalue weighted by molar-refractivity contribution is 7.89. The van der Waals surface area contributed by atoms with Crippen LogP contribution in [0.2, 0.25) is 0 Å². The number of rotatable bonds is 6. The van der Waals surface area contributed by atoms with Crippen LogP contribution < -0.4 is 0 Å². The normalized spacial score (nSPS) is 23.8. The molecule has 5 nitrogen and oxygen atoms in total. The van der Waals surface area contributed by atoms with Crippen molar-refractivity contribution in [2.75, 3.05) is 33.4 Å². The fourth-order valence-electron chi connectivity index (χ4n) is 3.32. The van der Waals surface area contributed by atoms with Crippen LogP contribution in [0.15, 0.2) is 29.2 Å². The van der Waals surface area contributed by atoms with Crippen molar-refractivity contribution in [2.45, 2.75) is 50.6 Å². The van der Waals surface area contributed by atoms with Gasteiger partial charge in [-0.05, 0) is 37.5 Å². The summed E-state index contributed by atoms with van der Waals surface area (Å²) in [5, 5.41) is 0. The van der Waals surface area contributed by atoms with Crippen molar-refractivity contribution >= 4 is 10.0 Å². The molecule has 1 aromatic rings. The average molecular weight is 355 g/mol. The highest BCUT2D eigenvalue weighted by atomic mass is 32.2. The van der Waals surface area contributed by atoms with E-state index in [0.29, 0.717) is 30.5 Å². The van der Waals surface area contributed by atoms with E-state index >= 15 is 0 Å². The maximum atomic E-state index is 13.0. The van der Waals surface area contributed by atoms with Gasteiger partial charge in [-0.3, -0.25) is 4.90 Å². The van der Waals surface area contributed by atoms with Gasteiger partial charge in [0.2, 0.25) is 10.0 Å². The van der Waals surface area contributed by atoms with E-state index in [1.165, 1.54) is 0 Å². The van der Waals surface area contributed by atoms with Gasteiger partial charge in [-0.2, -0.15) is 4.31 Å². The molecular formula is C18H30N2O3S. The number of nitrogens with zero attached hydrogens (tertiary/aromatic N) is 2. The maximum Gasteiger partial charge on any atom is 0.243 e. The minimum Gasteiger partial charge on any atom is -0.383 e. The van der Waals surface area contributed by atoms with Gasteiger partial charge in [-0.1, -0.05) is 26.0 Å². The topological polar surface area (TPSA) is 49.9 Å². The Bertz CT molecular complexity index is 616. The maximum absolute atomic E-state index is 13.0. The predicted molar refractivity (Wildman–Crippen MR) is 96.8 cm³/mol. The number of methoxy groups -OCH3 is 1. The monoisotopic (exact) mass is 354 g/mol. The summed E-state index contributed by atoms with van der Waals surface area (Å²) in [5.41, 5.74) is 1.15. The quantitative estimate of drug-likeness (QED) is 0.788. The number of hydrogen-bond acceptors (Lipinski definition) is 4. The largest absolute Gasteiger partial charge is 0.383 e. The third-order valence-corrected chi connectivity index (χ3v) is 6.65. The first kappa shape index (κ1) is 19.4. The van der Waals surface area contributed by atoms with Crippen LogP contribution in [0.4, 0.5) is 0 Å². The summed E-state index contributed by atoms with van der Waals surface area (Å²) in [6.07, 6.45) is 0. The number of benzene rings is 1. The zero-order valence-electron chi connectivity index (χ0n) is 15.4. The lowest BCUT2D eigenvalue weighted by Gasteiger charge is -2.43. The Hall–Kier alpha value is -0.950. The van der Waals surface area contributed by atoms with E-state index in [2.05, 4.69) is 32.6 Å². The van der Waals surface area contributed by atoms with Gasteiger partial charge in [0.05, 0.1) is 11.5 Å². The summed E-state index contributed by atoms with van der Waals surface area (Å²) in [4.78, 5) is 2.70. The molecule has 1 heterocycles. The van der Waals surface area contributed by atoms with E-state index in [1.807, 2.05) is 12.1 Å². The van der Waals surface area contributed by atoms with Gasteiger partial charge in [-0.25, -0.2) is 8.42 Å². The molecule has 0 N–H and O–H groups in total. The minimum absolute atomic E-state index is 0.175. The van der Waals surface area contributed by atoms with Gasteiger partial charge in [0.25, 0.3) is 0 Å². The van der Waals surface area contributed by atoms with E-state index in [-0.39, 0.29) is 12.1 Å². The Balaban J connectivity index is 2.15. The Morgan fingerprint density at radius 3 is 2.12 bits per heavy atom. The second-order valence-corrected chi connectivity index (χ2v) is 8.91. The van der Waals surface area contributed by atoms with Crippen molar-refractivity contribution in [3.8, 4) is 0 Å². The number of piperazine rings is 1. The molecule has 0 spiro atoms. The average Bonchev–Trinajstić information content (AvgIpc) is 2.54. The first-order valence-electron chi connectivity index (χ1n) is 8.62. The third kappa shape index (κ3) is 4.17. The Morgan fingerprint density at radius 2 is 1.67 bits per heavy atom. The first-order valence-corrected chi connectivity index (χ1v) is 10.1. The zero-order valence-corrected chi connectivity index (χ0v) is 16.2. The van der Waals surface area contributed by atoms with Crippen LogP contribution in [-0.4, -0.2) is 63.1 Å². The summed E-state index contributed by atoms with van der Waals surface area (Å²) >= 11 is 0. The molecule has 0 amide bonds. The lowest BCUT2D eigenvalue weighted by molar-refractivity contribution is 0.0496. The highest BCUT2D eigenvalue weighted by Gasteiger charge is 2.35. The lowest BCUT2D eigenvalue weighted by Crippen LogP contribution is -2.58. The van der Waals surface area contributed by atoms with Gasteiger partial charge in [0, 0.05) is 38.8 Å². The van der Waals surface area contributed by atoms with Gasteiger partial charge < -0.3 is 4.74 Å². The molecule has 2 unspecified atom stereocenters. The smallest absolute Gasteiger partial charge is 0.243 e. The van der Waals surface area contributed by atoms with Crippen LogP contribution in [-0.2, 0) is 14.8 Å². The molecule has 136 valence electrons. The first-order chi connectivity index (χ1) is 11.3. The van der Waals surface area contributed by atoms with E-state index in [1.54, 1.807) is 23.5 Å². The molecule has 2 rings (SSSR count). The van der Waals surface area contributed by atoms with Crippen LogP contribution in [0.1, 0.15) is 39.2 Å². The van der Waals surface area contributed by atoms with Crippen molar-refractivity contribution in [3.63, 3.8) is 0 Å². The summed E-state index contributed by atoms with van der Waals surface area (Å²) in [7, 11) is -1.75. The summed E-state index contributed by atoms with van der Waals surface area (Å²) in [6.45, 7) is 10.9. The Labute approximate surface area is 146 Å². The molecule has 1 aliphatic rings. The fourth-order valence-corrected chi connectivity index (χ4v) is 4.92. The SMILES string of the molecule is COCCN1C(C)CN(S(=O)(=O)c2ccc(C(C)C)cc2)CC1C. The van der Waals surface area contributed by atoms with Gasteiger partial charge in [0.15, 0.2) is 0 Å². The van der Waals surface area contributed by atoms with Crippen molar-refractivity contribution in [1.82, 2.24) is 9.21 Å². The van der Waals surface area contributed by atoms with Crippen LogP contribution in [0.25, 0.3) is 0 Å². The summed E-state index contributed by atoms with van der Waals surface area (Å²) in [6, 6.07) is 7.65. The Kier molecular flexibility index (Phi) is 6.42. The molecule has 0 radical (unpaired) electrons. The van der Waals surface area contributed by atoms with E-state index in [9.17, 15) is 8.42 Å². The van der Waals surface area contributed by atoms with Crippen LogP contribution >= 0.6 is 0 Å². The molecule has 0 bridgehead atoms. The molecule has 1 aromatic carbocycles. The van der Waals surface area contributed by atoms with Crippen LogP contribution in [0.5, 0.6) is 0 Å². The molecule has 6 heteroatoms. The van der Waals surface area contributed by atoms with Gasteiger partial charge >= 0.3 is 0 Å². The van der Waals surface area contributed by atoms with Crippen molar-refractivity contribution in [1.29, 1.82) is 0 Å². The van der Waals surface area contributed by atoms with E-state index < -0.39 is 10.0 Å². The molecule has 0 saturated carbocycles. The van der Waals surface area contributed by atoms with Crippen molar-refractivity contribution < 1.29 is 13.2 Å². The van der Waals surface area contributed by atoms with Crippen molar-refractivity contribution in [2.24, 2.45) is 0 Å². The molecular weight excluding hydrogens is 324 g/mol. The number of ether oxygens (including phenoxy) is 1. The molecule has 0 aliphatic carbocycles. The molecule has 24 heavy (non-hydrogen) atoms. The highest BCUT2D eigenvalue weighted by Crippen LogP contribution is 2.24. The summed E-state index contributed by atoms with van der Waals surface area (Å²) < 4.78 is 32.7. The zero-order chi connectivity index (χ0) is 17.9. The molecule has 1 saturated heterocycles. The number of sulfonamides is 1. The van der Waals surface area contributed by atoms with E-state index in [4.69, 9.17) is 4.74 Å². The molecule has 0 aromatic heterocycles. The standard InChI is InChI=1S/C18H30N2O3S/c1-14(2)17-6-8-18(9-7-17)24(21,22)19-12-15(3)20(10-11-23-5)16(4)13-19/h6-9,14-16H,10-13H2,1-5H3. The Morgan fingerprint density at radius 1 is 1.12 bits per heavy atom. The molecule has 2 atom stereocenters. The van der Waals surface area contributed by atoms with E-state index in [0.717, 1.165) is 12.1 Å². The molecule has 1 fully saturated rings. The minimum atomic E-state index is -3.44. The lowest BCUT2D eigenvalue weighted by atomic mass is 10.0. The van der Waals surface area contributed by atoms with Crippen LogP contribution in [0.3, 0.4) is 0 Å². The predicted octanol–water partition coefficient (Wildman–Crippen LogP) is 2.54. The second kappa shape index (κ2) is 7.95. The summed E-state index contributed by atoms with van der Waals surface area (Å²) in [5.74, 6) is 0.395. The molecule has 1 aliphatic heterocycles. The third-order valence-electron chi connectivity index (χ3n) is 4.81.